The maximum Gasteiger partial charge on any atom is 0.237 e. The van der Waals surface area contributed by atoms with Gasteiger partial charge in [-0.05, 0) is 36.1 Å². The average Bonchev–Trinajstić information content (AvgIpc) is 2.42. The molecule has 1 aromatic carbocycles. The maximum absolute atomic E-state index is 11.7. The quantitative estimate of drug-likeness (QED) is 0.801. The predicted octanol–water partition coefficient (Wildman–Crippen LogP) is 2.47. The first kappa shape index (κ1) is 19.4. The molecule has 0 unspecified atom stereocenters. The number of thioether (sulfide) groups is 1. The lowest BCUT2D eigenvalue weighted by molar-refractivity contribution is -0.122. The van der Waals surface area contributed by atoms with Crippen molar-refractivity contribution in [2.45, 2.75) is 19.0 Å². The first-order valence-corrected chi connectivity index (χ1v) is 7.70. The van der Waals surface area contributed by atoms with Crippen LogP contribution in [0.3, 0.4) is 0 Å². The summed E-state index contributed by atoms with van der Waals surface area (Å²) in [7, 11) is 1.56. The third-order valence-electron chi connectivity index (χ3n) is 2.65. The lowest BCUT2D eigenvalue weighted by atomic mass is 10.2. The highest BCUT2D eigenvalue weighted by atomic mass is 35.5. The van der Waals surface area contributed by atoms with Gasteiger partial charge < -0.3 is 15.8 Å². The zero-order valence-corrected chi connectivity index (χ0v) is 13.9. The zero-order chi connectivity index (χ0) is 14.3. The lowest BCUT2D eigenvalue weighted by Gasteiger charge is -2.12. The molecule has 0 saturated carbocycles. The molecule has 0 saturated heterocycles. The van der Waals surface area contributed by atoms with E-state index >= 15 is 0 Å². The van der Waals surface area contributed by atoms with E-state index in [-0.39, 0.29) is 18.3 Å². The van der Waals surface area contributed by atoms with Gasteiger partial charge in [0.2, 0.25) is 5.91 Å². The molecule has 4 nitrogen and oxygen atoms in total. The minimum Gasteiger partial charge on any atom is -0.495 e. The van der Waals surface area contributed by atoms with Crippen LogP contribution in [-0.2, 0) is 11.3 Å². The van der Waals surface area contributed by atoms with Gasteiger partial charge in [-0.15, -0.1) is 12.4 Å². The fourth-order valence-electron chi connectivity index (χ4n) is 1.52. The first-order valence-electron chi connectivity index (χ1n) is 5.93. The molecule has 20 heavy (non-hydrogen) atoms. The molecule has 114 valence electrons. The van der Waals surface area contributed by atoms with Crippen LogP contribution >= 0.6 is 35.8 Å². The van der Waals surface area contributed by atoms with Crippen LogP contribution in [-0.4, -0.2) is 31.1 Å². The summed E-state index contributed by atoms with van der Waals surface area (Å²) in [5.41, 5.74) is 6.68. The molecule has 0 heterocycles. The second-order valence-corrected chi connectivity index (χ2v) is 5.47. The maximum atomic E-state index is 11.7. The van der Waals surface area contributed by atoms with Crippen molar-refractivity contribution in [1.29, 1.82) is 0 Å². The van der Waals surface area contributed by atoms with E-state index in [4.69, 9.17) is 22.1 Å². The number of amides is 1. The molecule has 1 aromatic rings. The van der Waals surface area contributed by atoms with Crippen molar-refractivity contribution < 1.29 is 9.53 Å². The average molecular weight is 339 g/mol. The number of carbonyl (C=O) groups excluding carboxylic acids is 1. The number of rotatable bonds is 7. The van der Waals surface area contributed by atoms with Crippen LogP contribution in [0.15, 0.2) is 18.2 Å². The number of benzene rings is 1. The molecule has 1 rings (SSSR count). The van der Waals surface area contributed by atoms with Crippen LogP contribution in [0, 0.1) is 0 Å². The zero-order valence-electron chi connectivity index (χ0n) is 11.5. The molecule has 0 aromatic heterocycles. The Kier molecular flexibility index (Phi) is 9.84. The van der Waals surface area contributed by atoms with Crippen LogP contribution < -0.4 is 15.8 Å². The summed E-state index contributed by atoms with van der Waals surface area (Å²) in [6, 6.07) is 4.95. The summed E-state index contributed by atoms with van der Waals surface area (Å²) in [5, 5.41) is 3.33. The molecule has 0 fully saturated rings. The Labute approximate surface area is 135 Å². The summed E-state index contributed by atoms with van der Waals surface area (Å²) in [4.78, 5) is 11.7. The highest BCUT2D eigenvalue weighted by Gasteiger charge is 2.12. The van der Waals surface area contributed by atoms with Crippen molar-refractivity contribution in [3.05, 3.63) is 28.8 Å². The van der Waals surface area contributed by atoms with Crippen LogP contribution in [0.4, 0.5) is 0 Å². The van der Waals surface area contributed by atoms with Gasteiger partial charge in [0, 0.05) is 6.54 Å². The van der Waals surface area contributed by atoms with Gasteiger partial charge in [-0.1, -0.05) is 17.7 Å². The topological polar surface area (TPSA) is 64.3 Å². The number of nitrogens with two attached hydrogens (primary N) is 1. The molecular weight excluding hydrogens is 319 g/mol. The van der Waals surface area contributed by atoms with E-state index in [2.05, 4.69) is 5.32 Å². The smallest absolute Gasteiger partial charge is 0.237 e. The number of ether oxygens (including phenoxy) is 1. The fourth-order valence-corrected chi connectivity index (χ4v) is 2.29. The lowest BCUT2D eigenvalue weighted by Crippen LogP contribution is -2.40. The Morgan fingerprint density at radius 3 is 2.80 bits per heavy atom. The fraction of sp³-hybridized carbons (Fsp3) is 0.462. The summed E-state index contributed by atoms with van der Waals surface area (Å²) in [6.45, 7) is 0.412. The Bertz CT molecular complexity index is 433. The molecule has 3 N–H and O–H groups in total. The van der Waals surface area contributed by atoms with E-state index in [1.165, 1.54) is 0 Å². The van der Waals surface area contributed by atoms with Gasteiger partial charge in [0.1, 0.15) is 5.75 Å². The molecule has 0 aliphatic rings. The summed E-state index contributed by atoms with van der Waals surface area (Å²) >= 11 is 7.69. The molecule has 0 aliphatic heterocycles. The van der Waals surface area contributed by atoms with Gasteiger partial charge in [0.25, 0.3) is 0 Å². The molecule has 1 atom stereocenters. The highest BCUT2D eigenvalue weighted by molar-refractivity contribution is 7.98. The van der Waals surface area contributed by atoms with Crippen molar-refractivity contribution in [3.63, 3.8) is 0 Å². The second-order valence-electron chi connectivity index (χ2n) is 4.07. The summed E-state index contributed by atoms with van der Waals surface area (Å²) in [6.07, 6.45) is 2.67. The van der Waals surface area contributed by atoms with Crippen molar-refractivity contribution in [2.75, 3.05) is 19.1 Å². The molecular formula is C13H20Cl2N2O2S. The standard InChI is InChI=1S/C13H19ClN2O2S.ClH/c1-18-12-4-3-9(7-10(12)14)8-16-13(17)11(15)5-6-19-2;/h3-4,7,11H,5-6,8,15H2,1-2H3,(H,16,17);1H/t11-;/m0./s1. The highest BCUT2D eigenvalue weighted by Crippen LogP contribution is 2.24. The van der Waals surface area contributed by atoms with Gasteiger partial charge in [-0.25, -0.2) is 0 Å². The number of methoxy groups -OCH3 is 1. The van der Waals surface area contributed by atoms with Gasteiger partial charge in [-0.3, -0.25) is 4.79 Å². The van der Waals surface area contributed by atoms with E-state index in [1.54, 1.807) is 31.0 Å². The van der Waals surface area contributed by atoms with Crippen LogP contribution in [0.5, 0.6) is 5.75 Å². The number of halogens is 2. The van der Waals surface area contributed by atoms with Crippen LogP contribution in [0.1, 0.15) is 12.0 Å². The van der Waals surface area contributed by atoms with Crippen molar-refractivity contribution in [1.82, 2.24) is 5.32 Å². The van der Waals surface area contributed by atoms with Gasteiger partial charge in [-0.2, -0.15) is 11.8 Å². The second kappa shape index (κ2) is 10.2. The van der Waals surface area contributed by atoms with Gasteiger partial charge in [0.05, 0.1) is 18.2 Å². The molecule has 7 heteroatoms. The molecule has 0 aliphatic carbocycles. The van der Waals surface area contributed by atoms with E-state index < -0.39 is 6.04 Å². The largest absolute Gasteiger partial charge is 0.495 e. The van der Waals surface area contributed by atoms with Gasteiger partial charge >= 0.3 is 0 Å². The minimum atomic E-state index is -0.457. The number of hydrogen-bond acceptors (Lipinski definition) is 4. The summed E-state index contributed by atoms with van der Waals surface area (Å²) < 4.78 is 5.07. The Balaban J connectivity index is 0.00000361. The summed E-state index contributed by atoms with van der Waals surface area (Å²) in [5.74, 6) is 1.36. The van der Waals surface area contributed by atoms with Crippen LogP contribution in [0.25, 0.3) is 0 Å². The first-order chi connectivity index (χ1) is 9.08. The third kappa shape index (κ3) is 6.22. The molecule has 1 amide bonds. The van der Waals surface area contributed by atoms with Gasteiger partial charge in [0.15, 0.2) is 0 Å². The predicted molar refractivity (Wildman–Crippen MR) is 88.1 cm³/mol. The molecule has 0 bridgehead atoms. The Hall–Kier alpha value is -0.620. The monoisotopic (exact) mass is 338 g/mol. The van der Waals surface area contributed by atoms with E-state index in [0.717, 1.165) is 11.3 Å². The molecule has 0 radical (unpaired) electrons. The number of hydrogen-bond donors (Lipinski definition) is 2. The van der Waals surface area contributed by atoms with E-state index in [0.29, 0.717) is 23.7 Å². The van der Waals surface area contributed by atoms with Crippen molar-refractivity contribution in [3.8, 4) is 5.75 Å². The van der Waals surface area contributed by atoms with E-state index in [1.807, 2.05) is 12.3 Å². The molecule has 0 spiro atoms. The Morgan fingerprint density at radius 2 is 2.25 bits per heavy atom. The van der Waals surface area contributed by atoms with Crippen molar-refractivity contribution in [2.24, 2.45) is 5.73 Å². The van der Waals surface area contributed by atoms with Crippen LogP contribution in [0.2, 0.25) is 5.02 Å². The number of carbonyl (C=O) groups is 1. The SMILES string of the molecule is COc1ccc(CNC(=O)[C@@H](N)CCSC)cc1Cl.Cl. The Morgan fingerprint density at radius 1 is 1.55 bits per heavy atom. The van der Waals surface area contributed by atoms with E-state index in [9.17, 15) is 4.79 Å². The number of nitrogens with one attached hydrogen (secondary N) is 1. The normalized spacial score (nSPS) is 11.4. The third-order valence-corrected chi connectivity index (χ3v) is 3.59. The van der Waals surface area contributed by atoms with Crippen molar-refractivity contribution >= 4 is 41.7 Å². The minimum absolute atomic E-state index is 0.